The molecule has 0 aromatic heterocycles. The third-order valence-electron chi connectivity index (χ3n) is 3.53. The number of hydrogen-bond donors (Lipinski definition) is 0. The Kier molecular flexibility index (Phi) is 1.92. The van der Waals surface area contributed by atoms with Crippen LogP contribution in [0.1, 0.15) is 38.5 Å². The molecule has 0 N–H and O–H groups in total. The summed E-state index contributed by atoms with van der Waals surface area (Å²) in [6.07, 6.45) is 8.86. The van der Waals surface area contributed by atoms with Gasteiger partial charge in [0.05, 0.1) is 0 Å². The lowest BCUT2D eigenvalue weighted by Crippen LogP contribution is -2.18. The maximum atomic E-state index is 5.17. The highest BCUT2D eigenvalue weighted by Crippen LogP contribution is 2.57. The first-order valence-corrected chi connectivity index (χ1v) is 4.84. The van der Waals surface area contributed by atoms with Crippen molar-refractivity contribution >= 4 is 0 Å². The van der Waals surface area contributed by atoms with Crippen molar-refractivity contribution in [3.05, 3.63) is 0 Å². The molecule has 0 saturated heterocycles. The average molecular weight is 154 g/mol. The number of hydrogen-bond acceptors (Lipinski definition) is 1. The molecule has 2 fully saturated rings. The van der Waals surface area contributed by atoms with E-state index in [1.54, 1.807) is 0 Å². The van der Waals surface area contributed by atoms with E-state index >= 15 is 0 Å². The summed E-state index contributed by atoms with van der Waals surface area (Å²) in [6.45, 7) is 0.996. The zero-order chi connectivity index (χ0) is 7.73. The van der Waals surface area contributed by atoms with E-state index in [-0.39, 0.29) is 0 Å². The smallest absolute Gasteiger partial charge is 0.0490 e. The second kappa shape index (κ2) is 2.78. The Morgan fingerprint density at radius 2 is 1.82 bits per heavy atom. The number of methoxy groups -OCH3 is 1. The van der Waals surface area contributed by atoms with Gasteiger partial charge in [0.25, 0.3) is 0 Å². The van der Waals surface area contributed by atoms with Crippen LogP contribution in [0.3, 0.4) is 0 Å². The van der Waals surface area contributed by atoms with E-state index in [2.05, 4.69) is 0 Å². The normalized spacial score (nSPS) is 29.2. The predicted molar refractivity (Wildman–Crippen MR) is 45.5 cm³/mol. The van der Waals surface area contributed by atoms with Gasteiger partial charge in [0.1, 0.15) is 0 Å². The molecule has 2 saturated carbocycles. The molecule has 0 aromatic rings. The number of ether oxygens (including phenoxy) is 1. The highest BCUT2D eigenvalue weighted by Gasteiger charge is 2.44. The van der Waals surface area contributed by atoms with Crippen LogP contribution in [0.4, 0.5) is 0 Å². The van der Waals surface area contributed by atoms with E-state index in [4.69, 9.17) is 4.74 Å². The van der Waals surface area contributed by atoms with Gasteiger partial charge in [0, 0.05) is 13.7 Å². The van der Waals surface area contributed by atoms with Gasteiger partial charge in [-0.1, -0.05) is 0 Å². The lowest BCUT2D eigenvalue weighted by Gasteiger charge is -2.27. The molecule has 0 amide bonds. The first-order valence-electron chi connectivity index (χ1n) is 4.84. The molecular formula is C10H18O. The van der Waals surface area contributed by atoms with Gasteiger partial charge in [-0.2, -0.15) is 0 Å². The molecule has 1 heteroatoms. The fraction of sp³-hybridized carbons (Fsp3) is 1.00. The molecule has 0 aliphatic heterocycles. The molecule has 11 heavy (non-hydrogen) atoms. The van der Waals surface area contributed by atoms with Crippen LogP contribution in [0.25, 0.3) is 0 Å². The SMILES string of the molecule is COCC1CCC2(CC1)CC2. The van der Waals surface area contributed by atoms with Gasteiger partial charge in [0.2, 0.25) is 0 Å². The van der Waals surface area contributed by atoms with Crippen molar-refractivity contribution in [2.75, 3.05) is 13.7 Å². The summed E-state index contributed by atoms with van der Waals surface area (Å²) in [4.78, 5) is 0. The van der Waals surface area contributed by atoms with Crippen molar-refractivity contribution in [1.82, 2.24) is 0 Å². The van der Waals surface area contributed by atoms with Gasteiger partial charge >= 0.3 is 0 Å². The van der Waals surface area contributed by atoms with Crippen LogP contribution in [-0.4, -0.2) is 13.7 Å². The van der Waals surface area contributed by atoms with Crippen LogP contribution in [0.2, 0.25) is 0 Å². The summed E-state index contributed by atoms with van der Waals surface area (Å²) in [6, 6.07) is 0. The van der Waals surface area contributed by atoms with Gasteiger partial charge in [-0.3, -0.25) is 0 Å². The Morgan fingerprint density at radius 1 is 1.18 bits per heavy atom. The van der Waals surface area contributed by atoms with Crippen LogP contribution >= 0.6 is 0 Å². The maximum absolute atomic E-state index is 5.17. The van der Waals surface area contributed by atoms with E-state index in [9.17, 15) is 0 Å². The number of rotatable bonds is 2. The lowest BCUT2D eigenvalue weighted by atomic mass is 9.80. The molecule has 0 atom stereocenters. The van der Waals surface area contributed by atoms with Gasteiger partial charge in [-0.15, -0.1) is 0 Å². The highest BCUT2D eigenvalue weighted by atomic mass is 16.5. The monoisotopic (exact) mass is 154 g/mol. The lowest BCUT2D eigenvalue weighted by molar-refractivity contribution is 0.115. The van der Waals surface area contributed by atoms with Crippen molar-refractivity contribution < 1.29 is 4.74 Å². The minimum atomic E-state index is 0.851. The summed E-state index contributed by atoms with van der Waals surface area (Å²) in [7, 11) is 1.82. The molecule has 0 heterocycles. The van der Waals surface area contributed by atoms with E-state index in [1.807, 2.05) is 7.11 Å². The van der Waals surface area contributed by atoms with Crippen LogP contribution in [0, 0.1) is 11.3 Å². The molecule has 2 aliphatic carbocycles. The molecule has 64 valence electrons. The van der Waals surface area contributed by atoms with Gasteiger partial charge < -0.3 is 4.74 Å². The van der Waals surface area contributed by atoms with Gasteiger partial charge in [-0.05, 0) is 49.9 Å². The van der Waals surface area contributed by atoms with Crippen LogP contribution in [-0.2, 0) is 4.74 Å². The van der Waals surface area contributed by atoms with Crippen molar-refractivity contribution in [2.24, 2.45) is 11.3 Å². The van der Waals surface area contributed by atoms with Crippen molar-refractivity contribution in [2.45, 2.75) is 38.5 Å². The first kappa shape index (κ1) is 7.60. The van der Waals surface area contributed by atoms with Gasteiger partial charge in [0.15, 0.2) is 0 Å². The molecule has 1 nitrogen and oxygen atoms in total. The average Bonchev–Trinajstić information content (AvgIpc) is 2.76. The Balaban J connectivity index is 1.75. The molecular weight excluding hydrogens is 136 g/mol. The summed E-state index contributed by atoms with van der Waals surface area (Å²) in [5.41, 5.74) is 0.851. The van der Waals surface area contributed by atoms with Gasteiger partial charge in [-0.25, -0.2) is 0 Å². The summed E-state index contributed by atoms with van der Waals surface area (Å²) < 4.78 is 5.17. The second-order valence-corrected chi connectivity index (χ2v) is 4.40. The third-order valence-corrected chi connectivity index (χ3v) is 3.53. The third kappa shape index (κ3) is 1.58. The maximum Gasteiger partial charge on any atom is 0.0490 e. The van der Waals surface area contributed by atoms with E-state index < -0.39 is 0 Å². The molecule has 0 aromatic carbocycles. The molecule has 0 unspecified atom stereocenters. The van der Waals surface area contributed by atoms with Crippen LogP contribution < -0.4 is 0 Å². The highest BCUT2D eigenvalue weighted by molar-refractivity contribution is 4.96. The summed E-state index contributed by atoms with van der Waals surface area (Å²) in [5, 5.41) is 0. The topological polar surface area (TPSA) is 9.23 Å². The molecule has 1 spiro atoms. The van der Waals surface area contributed by atoms with E-state index in [0.29, 0.717) is 0 Å². The van der Waals surface area contributed by atoms with Crippen molar-refractivity contribution in [3.8, 4) is 0 Å². The quantitative estimate of drug-likeness (QED) is 0.594. The first-order chi connectivity index (χ1) is 5.35. The Bertz CT molecular complexity index is 128. The van der Waals surface area contributed by atoms with Crippen molar-refractivity contribution in [1.29, 1.82) is 0 Å². The zero-order valence-electron chi connectivity index (χ0n) is 7.44. The largest absolute Gasteiger partial charge is 0.384 e. The minimum Gasteiger partial charge on any atom is -0.384 e. The van der Waals surface area contributed by atoms with Crippen LogP contribution in [0.15, 0.2) is 0 Å². The summed E-state index contributed by atoms with van der Waals surface area (Å²) in [5.74, 6) is 0.881. The van der Waals surface area contributed by atoms with Crippen LogP contribution in [0.5, 0.6) is 0 Å². The van der Waals surface area contributed by atoms with E-state index in [1.165, 1.54) is 38.5 Å². The molecule has 2 aliphatic rings. The Hall–Kier alpha value is -0.0400. The molecule has 0 bridgehead atoms. The molecule has 0 radical (unpaired) electrons. The zero-order valence-corrected chi connectivity index (χ0v) is 7.44. The fourth-order valence-electron chi connectivity index (χ4n) is 2.37. The van der Waals surface area contributed by atoms with E-state index in [0.717, 1.165) is 17.9 Å². The second-order valence-electron chi connectivity index (χ2n) is 4.40. The Labute approximate surface area is 69.1 Å². The fourth-order valence-corrected chi connectivity index (χ4v) is 2.37. The Morgan fingerprint density at radius 3 is 2.27 bits per heavy atom. The predicted octanol–water partition coefficient (Wildman–Crippen LogP) is 2.60. The summed E-state index contributed by atoms with van der Waals surface area (Å²) >= 11 is 0. The molecule has 2 rings (SSSR count). The minimum absolute atomic E-state index is 0.851. The van der Waals surface area contributed by atoms with Crippen molar-refractivity contribution in [3.63, 3.8) is 0 Å². The standard InChI is InChI=1S/C10H18O/c1-11-8-9-2-4-10(5-3-9)6-7-10/h9H,2-8H2,1H3.